The molecule has 1 saturated heterocycles. The van der Waals surface area contributed by atoms with Crippen molar-refractivity contribution >= 4 is 45.6 Å². The standard InChI is InChI=1S/C13H12BrNO3S/c14-10-4-1-9(2-5-10)3-6-12(16)15-8-19-7-11(15)13(17)18/h1-6,11H,7-8H2,(H,17,18)/b6-3+. The molecule has 4 nitrogen and oxygen atoms in total. The van der Waals surface area contributed by atoms with Crippen molar-refractivity contribution in [1.82, 2.24) is 4.90 Å². The maximum Gasteiger partial charge on any atom is 0.327 e. The molecule has 1 aliphatic rings. The highest BCUT2D eigenvalue weighted by molar-refractivity contribution is 9.10. The monoisotopic (exact) mass is 341 g/mol. The molecule has 0 saturated carbocycles. The highest BCUT2D eigenvalue weighted by Crippen LogP contribution is 2.21. The average Bonchev–Trinajstić information content (AvgIpc) is 2.87. The number of carbonyl (C=O) groups is 2. The van der Waals surface area contributed by atoms with E-state index in [0.29, 0.717) is 11.6 Å². The van der Waals surface area contributed by atoms with Crippen LogP contribution in [0.4, 0.5) is 0 Å². The number of carbonyl (C=O) groups excluding carboxylic acids is 1. The van der Waals surface area contributed by atoms with Gasteiger partial charge in [-0.25, -0.2) is 4.79 Å². The van der Waals surface area contributed by atoms with E-state index in [9.17, 15) is 9.59 Å². The van der Waals surface area contributed by atoms with Gasteiger partial charge < -0.3 is 10.0 Å². The van der Waals surface area contributed by atoms with Crippen LogP contribution in [0.2, 0.25) is 0 Å². The lowest BCUT2D eigenvalue weighted by Crippen LogP contribution is -2.40. The van der Waals surface area contributed by atoms with Crippen LogP contribution in [-0.4, -0.2) is 39.6 Å². The number of carboxylic acids is 1. The maximum absolute atomic E-state index is 12.0. The third kappa shape index (κ3) is 3.61. The molecule has 100 valence electrons. The zero-order valence-electron chi connectivity index (χ0n) is 9.95. The molecule has 1 aromatic carbocycles. The Hall–Kier alpha value is -1.27. The minimum atomic E-state index is -0.949. The van der Waals surface area contributed by atoms with Gasteiger partial charge in [-0.3, -0.25) is 4.79 Å². The minimum Gasteiger partial charge on any atom is -0.480 e. The number of nitrogens with zero attached hydrogens (tertiary/aromatic N) is 1. The molecular formula is C13H12BrNO3S. The summed E-state index contributed by atoms with van der Waals surface area (Å²) in [6.07, 6.45) is 3.11. The molecule has 0 spiro atoms. The Kier molecular flexibility index (Phi) is 4.66. The second-order valence-electron chi connectivity index (χ2n) is 4.05. The van der Waals surface area contributed by atoms with E-state index in [1.165, 1.54) is 22.7 Å². The van der Waals surface area contributed by atoms with Gasteiger partial charge in [0.1, 0.15) is 6.04 Å². The summed E-state index contributed by atoms with van der Waals surface area (Å²) in [5, 5.41) is 9.01. The van der Waals surface area contributed by atoms with Gasteiger partial charge in [0.05, 0.1) is 5.88 Å². The Morgan fingerprint density at radius 2 is 2.05 bits per heavy atom. The van der Waals surface area contributed by atoms with E-state index in [-0.39, 0.29) is 5.91 Å². The fourth-order valence-corrected chi connectivity index (χ4v) is 3.12. The predicted molar refractivity (Wildman–Crippen MR) is 78.8 cm³/mol. The van der Waals surface area contributed by atoms with Gasteiger partial charge in [0.25, 0.3) is 0 Å². The largest absolute Gasteiger partial charge is 0.480 e. The summed E-state index contributed by atoms with van der Waals surface area (Å²) in [7, 11) is 0. The summed E-state index contributed by atoms with van der Waals surface area (Å²) < 4.78 is 0.970. The first kappa shape index (κ1) is 14.1. The Balaban J connectivity index is 2.04. The van der Waals surface area contributed by atoms with Crippen molar-refractivity contribution in [3.8, 4) is 0 Å². The summed E-state index contributed by atoms with van der Waals surface area (Å²) in [4.78, 5) is 24.3. The van der Waals surface area contributed by atoms with Crippen molar-refractivity contribution < 1.29 is 14.7 Å². The second kappa shape index (κ2) is 6.25. The number of benzene rings is 1. The van der Waals surface area contributed by atoms with Gasteiger partial charge in [-0.05, 0) is 23.8 Å². The summed E-state index contributed by atoms with van der Waals surface area (Å²) in [6.45, 7) is 0. The van der Waals surface area contributed by atoms with Crippen LogP contribution in [0, 0.1) is 0 Å². The fourth-order valence-electron chi connectivity index (χ4n) is 1.70. The number of halogens is 1. The first-order valence-corrected chi connectivity index (χ1v) is 7.57. The molecule has 6 heteroatoms. The number of carboxylic acid groups (broad SMARTS) is 1. The molecule has 1 aliphatic heterocycles. The lowest BCUT2D eigenvalue weighted by molar-refractivity contribution is -0.146. The van der Waals surface area contributed by atoms with E-state index >= 15 is 0 Å². The Morgan fingerprint density at radius 1 is 1.37 bits per heavy atom. The number of rotatable bonds is 3. The first-order chi connectivity index (χ1) is 9.08. The van der Waals surface area contributed by atoms with Crippen molar-refractivity contribution in [2.75, 3.05) is 11.6 Å². The van der Waals surface area contributed by atoms with Gasteiger partial charge in [0.2, 0.25) is 5.91 Å². The van der Waals surface area contributed by atoms with Crippen LogP contribution in [0.1, 0.15) is 5.56 Å². The molecular weight excluding hydrogens is 330 g/mol. The summed E-state index contributed by atoms with van der Waals surface area (Å²) in [5.74, 6) is -0.330. The quantitative estimate of drug-likeness (QED) is 0.858. The fraction of sp³-hybridized carbons (Fsp3) is 0.231. The Bertz CT molecular complexity index is 515. The van der Waals surface area contributed by atoms with Crippen LogP contribution in [-0.2, 0) is 9.59 Å². The van der Waals surface area contributed by atoms with E-state index in [1.54, 1.807) is 6.08 Å². The molecule has 1 amide bonds. The smallest absolute Gasteiger partial charge is 0.327 e. The van der Waals surface area contributed by atoms with Gasteiger partial charge >= 0.3 is 5.97 Å². The Morgan fingerprint density at radius 3 is 2.68 bits per heavy atom. The molecule has 0 radical (unpaired) electrons. The van der Waals surface area contributed by atoms with Crippen LogP contribution in [0.3, 0.4) is 0 Å². The maximum atomic E-state index is 12.0. The van der Waals surface area contributed by atoms with E-state index in [4.69, 9.17) is 5.11 Å². The van der Waals surface area contributed by atoms with Crippen molar-refractivity contribution in [2.24, 2.45) is 0 Å². The SMILES string of the molecule is O=C(O)C1CSCN1C(=O)/C=C/c1ccc(Br)cc1. The first-order valence-electron chi connectivity index (χ1n) is 5.63. The minimum absolute atomic E-state index is 0.264. The number of thioether (sulfide) groups is 1. The van der Waals surface area contributed by atoms with E-state index in [2.05, 4.69) is 15.9 Å². The number of hydrogen-bond acceptors (Lipinski definition) is 3. The van der Waals surface area contributed by atoms with E-state index in [0.717, 1.165) is 10.0 Å². The molecule has 19 heavy (non-hydrogen) atoms. The zero-order chi connectivity index (χ0) is 13.8. The molecule has 0 aromatic heterocycles. The molecule has 1 aromatic rings. The molecule has 0 aliphatic carbocycles. The van der Waals surface area contributed by atoms with Gasteiger partial charge in [0.15, 0.2) is 0 Å². The molecule has 1 N–H and O–H groups in total. The number of amides is 1. The second-order valence-corrected chi connectivity index (χ2v) is 5.96. The molecule has 1 atom stereocenters. The highest BCUT2D eigenvalue weighted by atomic mass is 79.9. The topological polar surface area (TPSA) is 57.6 Å². The average molecular weight is 342 g/mol. The summed E-state index contributed by atoms with van der Waals surface area (Å²) in [6, 6.07) is 6.81. The van der Waals surface area contributed by atoms with Crippen LogP contribution >= 0.6 is 27.7 Å². The van der Waals surface area contributed by atoms with Crippen molar-refractivity contribution in [3.63, 3.8) is 0 Å². The van der Waals surface area contributed by atoms with E-state index < -0.39 is 12.0 Å². The predicted octanol–water partition coefficient (Wildman–Crippen LogP) is 2.45. The van der Waals surface area contributed by atoms with Crippen LogP contribution < -0.4 is 0 Å². The van der Waals surface area contributed by atoms with Gasteiger partial charge in [0, 0.05) is 16.3 Å². The normalized spacial score (nSPS) is 19.0. The summed E-state index contributed by atoms with van der Waals surface area (Å²) >= 11 is 4.79. The molecule has 1 heterocycles. The van der Waals surface area contributed by atoms with Gasteiger partial charge in [-0.15, -0.1) is 11.8 Å². The lowest BCUT2D eigenvalue weighted by Gasteiger charge is -2.18. The van der Waals surface area contributed by atoms with Crippen molar-refractivity contribution in [3.05, 3.63) is 40.4 Å². The van der Waals surface area contributed by atoms with Gasteiger partial charge in [-0.1, -0.05) is 28.1 Å². The van der Waals surface area contributed by atoms with Crippen molar-refractivity contribution in [1.29, 1.82) is 0 Å². The molecule has 1 unspecified atom stereocenters. The molecule has 2 rings (SSSR count). The third-order valence-electron chi connectivity index (χ3n) is 2.74. The zero-order valence-corrected chi connectivity index (χ0v) is 12.4. The molecule has 0 bridgehead atoms. The number of aliphatic carboxylic acids is 1. The van der Waals surface area contributed by atoms with Crippen LogP contribution in [0.25, 0.3) is 6.08 Å². The third-order valence-corrected chi connectivity index (χ3v) is 4.28. The van der Waals surface area contributed by atoms with E-state index in [1.807, 2.05) is 24.3 Å². The van der Waals surface area contributed by atoms with Crippen LogP contribution in [0.15, 0.2) is 34.8 Å². The molecule has 1 fully saturated rings. The highest BCUT2D eigenvalue weighted by Gasteiger charge is 2.33. The lowest BCUT2D eigenvalue weighted by atomic mass is 10.2. The Labute approximate surface area is 123 Å². The summed E-state index contributed by atoms with van der Waals surface area (Å²) in [5.41, 5.74) is 0.898. The van der Waals surface area contributed by atoms with Crippen LogP contribution in [0.5, 0.6) is 0 Å². The number of hydrogen-bond donors (Lipinski definition) is 1. The van der Waals surface area contributed by atoms with Gasteiger partial charge in [-0.2, -0.15) is 0 Å². The van der Waals surface area contributed by atoms with Crippen molar-refractivity contribution in [2.45, 2.75) is 6.04 Å².